The van der Waals surface area contributed by atoms with Crippen LogP contribution in [0.2, 0.25) is 5.02 Å². The third-order valence-electron chi connectivity index (χ3n) is 5.26. The van der Waals surface area contributed by atoms with Gasteiger partial charge in [0.05, 0.1) is 27.6 Å². The average molecular weight is 481 g/mol. The highest BCUT2D eigenvalue weighted by Gasteiger charge is 2.17. The van der Waals surface area contributed by atoms with Gasteiger partial charge in [0, 0.05) is 23.6 Å². The van der Waals surface area contributed by atoms with Crippen LogP contribution in [0, 0.1) is 13.8 Å². The minimum atomic E-state index is -3.79. The van der Waals surface area contributed by atoms with Crippen LogP contribution >= 0.6 is 11.6 Å². The quantitative estimate of drug-likeness (QED) is 0.397. The predicted octanol–water partition coefficient (Wildman–Crippen LogP) is 5.20. The Morgan fingerprint density at radius 1 is 1.03 bits per heavy atom. The van der Waals surface area contributed by atoms with Crippen LogP contribution in [0.25, 0.3) is 5.69 Å². The lowest BCUT2D eigenvalue weighted by Gasteiger charge is -2.13. The first-order valence-electron chi connectivity index (χ1n) is 10.0. The molecule has 2 N–H and O–H groups in total. The molecule has 0 aliphatic carbocycles. The van der Waals surface area contributed by atoms with E-state index < -0.39 is 10.0 Å². The summed E-state index contributed by atoms with van der Waals surface area (Å²) in [6.45, 7) is 3.77. The zero-order valence-electron chi connectivity index (χ0n) is 17.9. The number of sulfonamides is 1. The number of nitrogens with one attached hydrogen (secondary N) is 2. The lowest BCUT2D eigenvalue weighted by molar-refractivity contribution is 0.102. The highest BCUT2D eigenvalue weighted by Crippen LogP contribution is 2.25. The van der Waals surface area contributed by atoms with Crippen molar-refractivity contribution < 1.29 is 13.2 Å². The van der Waals surface area contributed by atoms with E-state index in [0.29, 0.717) is 22.0 Å². The number of imidazole rings is 1. The molecule has 0 saturated heterocycles. The SMILES string of the molecule is Cc1cccc(NS(=O)(=O)c2ccc(C(=O)Nc3ccc(-n4ccnc4)c(Cl)c3)cc2)c1C. The van der Waals surface area contributed by atoms with Gasteiger partial charge in [-0.2, -0.15) is 0 Å². The maximum atomic E-state index is 12.8. The van der Waals surface area contributed by atoms with Crippen LogP contribution in [0.15, 0.2) is 84.3 Å². The highest BCUT2D eigenvalue weighted by atomic mass is 35.5. The maximum absolute atomic E-state index is 12.8. The fourth-order valence-electron chi connectivity index (χ4n) is 3.25. The van der Waals surface area contributed by atoms with E-state index in [4.69, 9.17) is 11.6 Å². The molecule has 33 heavy (non-hydrogen) atoms. The molecule has 0 fully saturated rings. The normalized spacial score (nSPS) is 11.2. The van der Waals surface area contributed by atoms with E-state index >= 15 is 0 Å². The van der Waals surface area contributed by atoms with Gasteiger partial charge in [0.1, 0.15) is 0 Å². The van der Waals surface area contributed by atoms with Crippen molar-refractivity contribution in [3.63, 3.8) is 0 Å². The Balaban J connectivity index is 1.48. The van der Waals surface area contributed by atoms with Gasteiger partial charge in [-0.1, -0.05) is 23.7 Å². The van der Waals surface area contributed by atoms with Gasteiger partial charge in [-0.15, -0.1) is 0 Å². The van der Waals surface area contributed by atoms with Gasteiger partial charge in [0.15, 0.2) is 0 Å². The Kier molecular flexibility index (Phi) is 6.22. The molecule has 4 aromatic rings. The van der Waals surface area contributed by atoms with Crippen molar-refractivity contribution in [1.29, 1.82) is 0 Å². The number of benzene rings is 3. The van der Waals surface area contributed by atoms with E-state index in [9.17, 15) is 13.2 Å². The van der Waals surface area contributed by atoms with E-state index in [0.717, 1.165) is 16.8 Å². The summed E-state index contributed by atoms with van der Waals surface area (Å²) in [5.41, 5.74) is 3.93. The van der Waals surface area contributed by atoms with Gasteiger partial charge >= 0.3 is 0 Å². The second-order valence-corrected chi connectivity index (χ2v) is 9.56. The molecule has 0 aliphatic rings. The molecule has 0 saturated carbocycles. The molecule has 0 spiro atoms. The summed E-state index contributed by atoms with van der Waals surface area (Å²) in [6.07, 6.45) is 5.04. The molecule has 168 valence electrons. The van der Waals surface area contributed by atoms with Crippen LogP contribution in [0.1, 0.15) is 21.5 Å². The summed E-state index contributed by atoms with van der Waals surface area (Å²) in [6, 6.07) is 16.3. The predicted molar refractivity (Wildman–Crippen MR) is 130 cm³/mol. The minimum absolute atomic E-state index is 0.0627. The molecule has 1 aromatic heterocycles. The van der Waals surface area contributed by atoms with Crippen molar-refractivity contribution in [2.24, 2.45) is 0 Å². The summed E-state index contributed by atoms with van der Waals surface area (Å²) in [4.78, 5) is 16.7. The number of aromatic nitrogens is 2. The lowest BCUT2D eigenvalue weighted by Crippen LogP contribution is -2.15. The number of carbonyl (C=O) groups excluding carboxylic acids is 1. The van der Waals surface area contributed by atoms with Gasteiger partial charge in [-0.05, 0) is 73.5 Å². The highest BCUT2D eigenvalue weighted by molar-refractivity contribution is 7.92. The Morgan fingerprint density at radius 3 is 2.45 bits per heavy atom. The molecule has 1 heterocycles. The fourth-order valence-corrected chi connectivity index (χ4v) is 4.65. The van der Waals surface area contributed by atoms with Crippen molar-refractivity contribution >= 4 is 38.9 Å². The largest absolute Gasteiger partial charge is 0.322 e. The lowest BCUT2D eigenvalue weighted by atomic mass is 10.1. The van der Waals surface area contributed by atoms with E-state index in [2.05, 4.69) is 15.0 Å². The first kappa shape index (κ1) is 22.6. The Bertz CT molecular complexity index is 1420. The third-order valence-corrected chi connectivity index (χ3v) is 6.95. The van der Waals surface area contributed by atoms with Gasteiger partial charge in [0.25, 0.3) is 15.9 Å². The van der Waals surface area contributed by atoms with E-state index in [1.807, 2.05) is 19.9 Å². The molecule has 0 radical (unpaired) electrons. The van der Waals surface area contributed by atoms with Crippen LogP contribution in [-0.2, 0) is 10.0 Å². The molecule has 9 heteroatoms. The van der Waals surface area contributed by atoms with Crippen molar-refractivity contribution in [3.05, 3.63) is 101 Å². The summed E-state index contributed by atoms with van der Waals surface area (Å²) in [5, 5.41) is 3.22. The van der Waals surface area contributed by atoms with Crippen LogP contribution in [0.3, 0.4) is 0 Å². The van der Waals surface area contributed by atoms with Crippen LogP contribution < -0.4 is 10.0 Å². The summed E-state index contributed by atoms with van der Waals surface area (Å²) >= 11 is 6.34. The average Bonchev–Trinajstić information content (AvgIpc) is 3.31. The minimum Gasteiger partial charge on any atom is -0.322 e. The molecule has 7 nitrogen and oxygen atoms in total. The summed E-state index contributed by atoms with van der Waals surface area (Å²) in [7, 11) is -3.79. The smallest absolute Gasteiger partial charge is 0.261 e. The van der Waals surface area contributed by atoms with Crippen LogP contribution in [0.4, 0.5) is 11.4 Å². The molecule has 0 unspecified atom stereocenters. The molecule has 3 aromatic carbocycles. The molecule has 0 aliphatic heterocycles. The second kappa shape index (κ2) is 9.09. The fraction of sp³-hybridized carbons (Fsp3) is 0.0833. The van der Waals surface area contributed by atoms with Gasteiger partial charge in [-0.25, -0.2) is 13.4 Å². The zero-order valence-corrected chi connectivity index (χ0v) is 19.5. The molecule has 1 amide bonds. The van der Waals surface area contributed by atoms with Crippen molar-refractivity contribution in [3.8, 4) is 5.69 Å². The van der Waals surface area contributed by atoms with E-state index in [-0.39, 0.29) is 10.8 Å². The number of hydrogen-bond donors (Lipinski definition) is 2. The number of anilines is 2. The van der Waals surface area contributed by atoms with Crippen LogP contribution in [0.5, 0.6) is 0 Å². The van der Waals surface area contributed by atoms with Crippen molar-refractivity contribution in [2.75, 3.05) is 10.0 Å². The number of halogens is 1. The number of hydrogen-bond acceptors (Lipinski definition) is 4. The number of carbonyl (C=O) groups is 1. The number of aryl methyl sites for hydroxylation is 1. The molecule has 0 atom stereocenters. The van der Waals surface area contributed by atoms with E-state index in [1.54, 1.807) is 53.6 Å². The molecular weight excluding hydrogens is 460 g/mol. The number of nitrogens with zero attached hydrogens (tertiary/aromatic N) is 2. The van der Waals surface area contributed by atoms with E-state index in [1.165, 1.54) is 24.3 Å². The van der Waals surface area contributed by atoms with Crippen molar-refractivity contribution in [2.45, 2.75) is 18.7 Å². The number of rotatable bonds is 6. The number of amides is 1. The van der Waals surface area contributed by atoms with Gasteiger partial charge in [-0.3, -0.25) is 9.52 Å². The zero-order chi connectivity index (χ0) is 23.6. The molecule has 0 bridgehead atoms. The molecular formula is C24H21ClN4O3S. The van der Waals surface area contributed by atoms with Gasteiger partial charge in [0.2, 0.25) is 0 Å². The van der Waals surface area contributed by atoms with Gasteiger partial charge < -0.3 is 9.88 Å². The Labute approximate surface area is 197 Å². The summed E-state index contributed by atoms with van der Waals surface area (Å²) < 4.78 is 29.9. The maximum Gasteiger partial charge on any atom is 0.261 e. The summed E-state index contributed by atoms with van der Waals surface area (Å²) in [5.74, 6) is -0.382. The monoisotopic (exact) mass is 480 g/mol. The molecule has 4 rings (SSSR count). The Morgan fingerprint density at radius 2 is 1.79 bits per heavy atom. The van der Waals surface area contributed by atoms with Crippen LogP contribution in [-0.4, -0.2) is 23.9 Å². The topological polar surface area (TPSA) is 93.1 Å². The first-order chi connectivity index (χ1) is 15.7. The third kappa shape index (κ3) is 4.92. The Hall–Kier alpha value is -3.62. The standard InChI is InChI=1S/C24H21ClN4O3S/c1-16-4-3-5-22(17(16)2)28-33(31,32)20-9-6-18(7-10-20)24(30)27-19-8-11-23(21(25)14-19)29-13-12-26-15-29/h3-15,28H,1-2H3,(H,27,30). The first-order valence-corrected chi connectivity index (χ1v) is 11.9. The second-order valence-electron chi connectivity index (χ2n) is 7.47. The van der Waals surface area contributed by atoms with Crippen molar-refractivity contribution in [1.82, 2.24) is 9.55 Å².